The number of hydrogen-bond acceptors (Lipinski definition) is 7. The van der Waals surface area contributed by atoms with Crippen LogP contribution in [0.15, 0.2) is 48.5 Å². The van der Waals surface area contributed by atoms with Crippen molar-refractivity contribution >= 4 is 17.3 Å². The van der Waals surface area contributed by atoms with Gasteiger partial charge in [-0.15, -0.1) is 0 Å². The Morgan fingerprint density at radius 1 is 1.09 bits per heavy atom. The highest BCUT2D eigenvalue weighted by Gasteiger charge is 2.46. The smallest absolute Gasteiger partial charge is 0.142 e. The van der Waals surface area contributed by atoms with Crippen molar-refractivity contribution in [2.75, 3.05) is 51.3 Å². The third-order valence-electron chi connectivity index (χ3n) is 6.37. The van der Waals surface area contributed by atoms with Crippen LogP contribution in [0.25, 0.3) is 0 Å². The quantitative estimate of drug-likeness (QED) is 0.552. The molecule has 2 saturated heterocycles. The minimum atomic E-state index is -0.726. The fourth-order valence-electron chi connectivity index (χ4n) is 4.75. The SMILES string of the molecule is COc1ccccc1N1CCN([C@@H]2[C@H](O)[C@H](CO)O[C@@H]2CNCc2cccc(Cl)c2)CC1. The number of aliphatic hydroxyl groups is 2. The molecule has 0 aliphatic carbocycles. The van der Waals surface area contributed by atoms with Gasteiger partial charge in [-0.2, -0.15) is 0 Å². The third kappa shape index (κ3) is 5.20. The maximum absolute atomic E-state index is 10.9. The fourth-order valence-corrected chi connectivity index (χ4v) is 4.97. The summed E-state index contributed by atoms with van der Waals surface area (Å²) in [6, 6.07) is 15.6. The number of anilines is 1. The lowest BCUT2D eigenvalue weighted by atomic mass is 10.0. The normalized spacial score (nSPS) is 26.4. The average molecular weight is 462 g/mol. The van der Waals surface area contributed by atoms with Crippen molar-refractivity contribution in [3.8, 4) is 5.75 Å². The van der Waals surface area contributed by atoms with Crippen LogP contribution in [0.5, 0.6) is 5.75 Å². The number of hydrogen-bond donors (Lipinski definition) is 3. The standard InChI is InChI=1S/C24H32ClN3O4/c1-31-20-8-3-2-7-19(20)27-9-11-28(12-10-27)23-21(32-22(16-29)24(23)30)15-26-14-17-5-4-6-18(25)13-17/h2-8,13,21-24,26,29-30H,9-12,14-16H2,1H3/t21-,22+,23+,24-/m1/s1. The highest BCUT2D eigenvalue weighted by Crippen LogP contribution is 2.31. The number of aliphatic hydroxyl groups excluding tert-OH is 2. The Kier molecular flexibility index (Phi) is 7.88. The second-order valence-electron chi connectivity index (χ2n) is 8.33. The lowest BCUT2D eigenvalue weighted by Gasteiger charge is -2.41. The van der Waals surface area contributed by atoms with Crippen molar-refractivity contribution in [2.45, 2.75) is 30.9 Å². The van der Waals surface area contributed by atoms with Crippen molar-refractivity contribution < 1.29 is 19.7 Å². The van der Waals surface area contributed by atoms with E-state index in [9.17, 15) is 10.2 Å². The van der Waals surface area contributed by atoms with Gasteiger partial charge in [-0.05, 0) is 29.8 Å². The van der Waals surface area contributed by atoms with Crippen molar-refractivity contribution in [1.29, 1.82) is 0 Å². The van der Waals surface area contributed by atoms with Gasteiger partial charge in [0.15, 0.2) is 0 Å². The lowest BCUT2D eigenvalue weighted by Crippen LogP contribution is -2.57. The molecule has 32 heavy (non-hydrogen) atoms. The Balaban J connectivity index is 1.37. The number of ether oxygens (including phenoxy) is 2. The first-order valence-electron chi connectivity index (χ1n) is 11.1. The number of benzene rings is 2. The molecule has 2 fully saturated rings. The zero-order valence-electron chi connectivity index (χ0n) is 18.4. The Morgan fingerprint density at radius 3 is 2.59 bits per heavy atom. The number of piperazine rings is 1. The van der Waals surface area contributed by atoms with Crippen LogP contribution in [0.1, 0.15) is 5.56 Å². The molecule has 0 radical (unpaired) electrons. The monoisotopic (exact) mass is 461 g/mol. The molecule has 2 aliphatic rings. The molecule has 4 rings (SSSR count). The van der Waals surface area contributed by atoms with E-state index >= 15 is 0 Å². The highest BCUT2D eigenvalue weighted by molar-refractivity contribution is 6.30. The summed E-state index contributed by atoms with van der Waals surface area (Å²) < 4.78 is 11.6. The molecule has 3 N–H and O–H groups in total. The van der Waals surface area contributed by atoms with Crippen LogP contribution in [0.3, 0.4) is 0 Å². The van der Waals surface area contributed by atoms with E-state index in [0.717, 1.165) is 43.2 Å². The van der Waals surface area contributed by atoms with Gasteiger partial charge in [0.2, 0.25) is 0 Å². The Morgan fingerprint density at radius 2 is 1.88 bits per heavy atom. The minimum absolute atomic E-state index is 0.168. The van der Waals surface area contributed by atoms with Gasteiger partial charge in [-0.3, -0.25) is 4.90 Å². The molecule has 0 saturated carbocycles. The van der Waals surface area contributed by atoms with E-state index in [1.165, 1.54) is 0 Å². The molecule has 8 heteroatoms. The molecule has 174 valence electrons. The van der Waals surface area contributed by atoms with Crippen LogP contribution >= 0.6 is 11.6 Å². The van der Waals surface area contributed by atoms with Crippen molar-refractivity contribution in [3.05, 3.63) is 59.1 Å². The Bertz CT molecular complexity index is 878. The maximum atomic E-state index is 10.9. The third-order valence-corrected chi connectivity index (χ3v) is 6.60. The Labute approximate surface area is 194 Å². The second kappa shape index (κ2) is 10.8. The van der Waals surface area contributed by atoms with E-state index in [1.807, 2.05) is 42.5 Å². The zero-order valence-corrected chi connectivity index (χ0v) is 19.1. The summed E-state index contributed by atoms with van der Waals surface area (Å²) in [7, 11) is 1.69. The van der Waals surface area contributed by atoms with E-state index in [2.05, 4.69) is 21.2 Å². The molecule has 4 atom stereocenters. The predicted molar refractivity (Wildman–Crippen MR) is 125 cm³/mol. The number of para-hydroxylation sites is 2. The summed E-state index contributed by atoms with van der Waals surface area (Å²) in [5, 5.41) is 24.7. The van der Waals surface area contributed by atoms with Gasteiger partial charge < -0.3 is 29.9 Å². The molecule has 0 unspecified atom stereocenters. The summed E-state index contributed by atoms with van der Waals surface area (Å²) in [5.74, 6) is 0.869. The molecule has 2 aromatic rings. The van der Waals surface area contributed by atoms with Gasteiger partial charge in [-0.1, -0.05) is 35.9 Å². The van der Waals surface area contributed by atoms with Gasteiger partial charge in [0.05, 0.1) is 31.5 Å². The van der Waals surface area contributed by atoms with Crippen LogP contribution in [-0.2, 0) is 11.3 Å². The molecule has 2 aliphatic heterocycles. The summed E-state index contributed by atoms with van der Waals surface area (Å²) in [6.07, 6.45) is -1.50. The van der Waals surface area contributed by atoms with Crippen molar-refractivity contribution in [1.82, 2.24) is 10.2 Å². The molecule has 0 aromatic heterocycles. The van der Waals surface area contributed by atoms with E-state index < -0.39 is 12.2 Å². The van der Waals surface area contributed by atoms with E-state index in [1.54, 1.807) is 7.11 Å². The topological polar surface area (TPSA) is 77.4 Å². The van der Waals surface area contributed by atoms with Crippen LogP contribution in [-0.4, -0.2) is 85.9 Å². The first kappa shape index (κ1) is 23.3. The molecular weight excluding hydrogens is 430 g/mol. The number of methoxy groups -OCH3 is 1. The van der Waals surface area contributed by atoms with Crippen molar-refractivity contribution in [3.63, 3.8) is 0 Å². The van der Waals surface area contributed by atoms with Crippen LogP contribution in [0.2, 0.25) is 5.02 Å². The minimum Gasteiger partial charge on any atom is -0.495 e. The molecule has 2 aromatic carbocycles. The van der Waals surface area contributed by atoms with Crippen molar-refractivity contribution in [2.24, 2.45) is 0 Å². The average Bonchev–Trinajstić information content (AvgIpc) is 3.14. The first-order valence-corrected chi connectivity index (χ1v) is 11.5. The molecule has 0 bridgehead atoms. The van der Waals surface area contributed by atoms with Gasteiger partial charge in [0, 0.05) is 44.3 Å². The van der Waals surface area contributed by atoms with Gasteiger partial charge >= 0.3 is 0 Å². The molecule has 0 spiro atoms. The van der Waals surface area contributed by atoms with E-state index in [-0.39, 0.29) is 18.8 Å². The highest BCUT2D eigenvalue weighted by atomic mass is 35.5. The number of halogens is 1. The zero-order chi connectivity index (χ0) is 22.5. The molecule has 0 amide bonds. The van der Waals surface area contributed by atoms with Crippen LogP contribution in [0.4, 0.5) is 5.69 Å². The van der Waals surface area contributed by atoms with E-state index in [4.69, 9.17) is 21.1 Å². The fraction of sp³-hybridized carbons (Fsp3) is 0.500. The largest absolute Gasteiger partial charge is 0.495 e. The number of nitrogens with zero attached hydrogens (tertiary/aromatic N) is 2. The summed E-state index contributed by atoms with van der Waals surface area (Å²) in [6.45, 7) is 4.31. The number of nitrogens with one attached hydrogen (secondary N) is 1. The molecule has 2 heterocycles. The Hall–Kier alpha value is -1.87. The number of rotatable bonds is 8. The lowest BCUT2D eigenvalue weighted by molar-refractivity contribution is -0.0213. The summed E-state index contributed by atoms with van der Waals surface area (Å²) >= 11 is 6.08. The van der Waals surface area contributed by atoms with E-state index in [0.29, 0.717) is 18.1 Å². The summed E-state index contributed by atoms with van der Waals surface area (Å²) in [4.78, 5) is 4.60. The molecule has 7 nitrogen and oxygen atoms in total. The van der Waals surface area contributed by atoms with Gasteiger partial charge in [0.1, 0.15) is 18.0 Å². The second-order valence-corrected chi connectivity index (χ2v) is 8.77. The van der Waals surface area contributed by atoms with Gasteiger partial charge in [0.25, 0.3) is 0 Å². The summed E-state index contributed by atoms with van der Waals surface area (Å²) in [5.41, 5.74) is 2.18. The molecular formula is C24H32ClN3O4. The first-order chi connectivity index (χ1) is 15.6. The van der Waals surface area contributed by atoms with Gasteiger partial charge in [-0.25, -0.2) is 0 Å². The predicted octanol–water partition coefficient (Wildman–Crippen LogP) is 1.75. The van der Waals surface area contributed by atoms with Crippen LogP contribution in [0, 0.1) is 0 Å². The van der Waals surface area contributed by atoms with Crippen LogP contribution < -0.4 is 15.0 Å². The maximum Gasteiger partial charge on any atom is 0.142 e.